The van der Waals surface area contributed by atoms with Crippen molar-refractivity contribution in [3.8, 4) is 0 Å². The van der Waals surface area contributed by atoms with Gasteiger partial charge in [0.05, 0.1) is 11.4 Å². The lowest BCUT2D eigenvalue weighted by atomic mass is 9.79. The number of Topliss-reactive ketones (excluding diaryl/α,β-unsaturated/α-hetero) is 1. The lowest BCUT2D eigenvalue weighted by molar-refractivity contribution is -0.122. The Balaban J connectivity index is 1.54. The first-order valence-corrected chi connectivity index (χ1v) is 9.11. The van der Waals surface area contributed by atoms with Crippen molar-refractivity contribution in [2.24, 2.45) is 0 Å². The van der Waals surface area contributed by atoms with Crippen LogP contribution in [0.15, 0.2) is 41.8 Å². The van der Waals surface area contributed by atoms with E-state index in [1.54, 1.807) is 6.07 Å². The van der Waals surface area contributed by atoms with Gasteiger partial charge in [0.2, 0.25) is 5.91 Å². The van der Waals surface area contributed by atoms with Gasteiger partial charge in [-0.05, 0) is 41.8 Å². The average molecular weight is 343 g/mol. The molecule has 1 heterocycles. The van der Waals surface area contributed by atoms with Gasteiger partial charge in [-0.25, -0.2) is 0 Å². The fourth-order valence-electron chi connectivity index (χ4n) is 3.20. The zero-order valence-corrected chi connectivity index (χ0v) is 14.3. The number of benzene rings is 1. The van der Waals surface area contributed by atoms with Crippen molar-refractivity contribution in [1.82, 2.24) is 5.32 Å². The SMILES string of the molecule is O=C(CCC(=O)c1cccs1)NC[C@@]1(O)CCCc2ccccc21. The highest BCUT2D eigenvalue weighted by Gasteiger charge is 2.34. The van der Waals surface area contributed by atoms with Gasteiger partial charge in [0.25, 0.3) is 0 Å². The molecule has 2 aromatic rings. The van der Waals surface area contributed by atoms with E-state index in [0.29, 0.717) is 11.3 Å². The number of hydrogen-bond donors (Lipinski definition) is 2. The van der Waals surface area contributed by atoms with Crippen LogP contribution in [0.2, 0.25) is 0 Å². The summed E-state index contributed by atoms with van der Waals surface area (Å²) in [7, 11) is 0. The number of aryl methyl sites for hydroxylation is 1. The smallest absolute Gasteiger partial charge is 0.220 e. The maximum atomic E-state index is 12.0. The quantitative estimate of drug-likeness (QED) is 0.792. The molecule has 1 aromatic carbocycles. The first-order valence-electron chi connectivity index (χ1n) is 8.23. The van der Waals surface area contributed by atoms with Crippen LogP contribution in [0.3, 0.4) is 0 Å². The number of amides is 1. The molecule has 126 valence electrons. The van der Waals surface area contributed by atoms with E-state index < -0.39 is 5.60 Å². The van der Waals surface area contributed by atoms with Crippen LogP contribution in [0.1, 0.15) is 46.5 Å². The number of thiophene rings is 1. The maximum absolute atomic E-state index is 12.0. The number of aliphatic hydroxyl groups is 1. The average Bonchev–Trinajstić information content (AvgIpc) is 3.13. The third-order valence-electron chi connectivity index (χ3n) is 4.51. The summed E-state index contributed by atoms with van der Waals surface area (Å²) in [5.41, 5.74) is 1.04. The molecule has 1 aliphatic carbocycles. The van der Waals surface area contributed by atoms with Crippen LogP contribution in [0.5, 0.6) is 0 Å². The normalized spacial score (nSPS) is 19.5. The van der Waals surface area contributed by atoms with Crippen molar-refractivity contribution < 1.29 is 14.7 Å². The summed E-state index contributed by atoms with van der Waals surface area (Å²) in [5.74, 6) is -0.210. The van der Waals surface area contributed by atoms with E-state index in [-0.39, 0.29) is 31.1 Å². The summed E-state index contributed by atoms with van der Waals surface area (Å²) >= 11 is 1.39. The van der Waals surface area contributed by atoms with Crippen LogP contribution in [0.25, 0.3) is 0 Å². The summed E-state index contributed by atoms with van der Waals surface area (Å²) in [6.07, 6.45) is 2.84. The second-order valence-corrected chi connectivity index (χ2v) is 7.17. The van der Waals surface area contributed by atoms with Crippen LogP contribution in [0.4, 0.5) is 0 Å². The molecule has 0 spiro atoms. The van der Waals surface area contributed by atoms with Crippen LogP contribution in [-0.2, 0) is 16.8 Å². The second-order valence-electron chi connectivity index (χ2n) is 6.22. The van der Waals surface area contributed by atoms with Crippen LogP contribution >= 0.6 is 11.3 Å². The molecule has 4 nitrogen and oxygen atoms in total. The molecular formula is C19H21NO3S. The number of carbonyl (C=O) groups is 2. The summed E-state index contributed by atoms with van der Waals surface area (Å²) in [4.78, 5) is 24.6. The Morgan fingerprint density at radius 2 is 2.00 bits per heavy atom. The summed E-state index contributed by atoms with van der Waals surface area (Å²) in [6, 6.07) is 11.4. The Labute approximate surface area is 145 Å². The highest BCUT2D eigenvalue weighted by Crippen LogP contribution is 2.34. The fourth-order valence-corrected chi connectivity index (χ4v) is 3.90. The van der Waals surface area contributed by atoms with Crippen molar-refractivity contribution in [3.05, 3.63) is 57.8 Å². The van der Waals surface area contributed by atoms with Gasteiger partial charge in [0.1, 0.15) is 5.60 Å². The number of fused-ring (bicyclic) bond motifs is 1. The van der Waals surface area contributed by atoms with E-state index in [9.17, 15) is 14.7 Å². The molecule has 1 aliphatic rings. The molecule has 0 saturated carbocycles. The molecule has 5 heteroatoms. The van der Waals surface area contributed by atoms with Crippen molar-refractivity contribution in [2.45, 2.75) is 37.7 Å². The van der Waals surface area contributed by atoms with Gasteiger partial charge >= 0.3 is 0 Å². The molecule has 0 radical (unpaired) electrons. The molecule has 0 aliphatic heterocycles. The summed E-state index contributed by atoms with van der Waals surface area (Å²) in [5, 5.41) is 15.6. The second kappa shape index (κ2) is 7.28. The molecule has 3 rings (SSSR count). The predicted molar refractivity (Wildman–Crippen MR) is 94.2 cm³/mol. The van der Waals surface area contributed by atoms with E-state index in [1.807, 2.05) is 35.7 Å². The highest BCUT2D eigenvalue weighted by molar-refractivity contribution is 7.12. The van der Waals surface area contributed by atoms with Crippen LogP contribution in [0, 0.1) is 0 Å². The number of rotatable bonds is 6. The number of nitrogens with one attached hydrogen (secondary N) is 1. The summed E-state index contributed by atoms with van der Waals surface area (Å²) < 4.78 is 0. The van der Waals surface area contributed by atoms with E-state index in [4.69, 9.17) is 0 Å². The Morgan fingerprint density at radius 1 is 1.17 bits per heavy atom. The Hall–Kier alpha value is -1.98. The zero-order chi connectivity index (χ0) is 17.0. The lowest BCUT2D eigenvalue weighted by Crippen LogP contribution is -2.43. The molecule has 1 atom stereocenters. The molecule has 0 unspecified atom stereocenters. The van der Waals surface area contributed by atoms with Gasteiger partial charge in [-0.1, -0.05) is 30.3 Å². The molecule has 0 bridgehead atoms. The highest BCUT2D eigenvalue weighted by atomic mass is 32.1. The minimum atomic E-state index is -1.01. The van der Waals surface area contributed by atoms with Gasteiger partial charge in [-0.15, -0.1) is 11.3 Å². The topological polar surface area (TPSA) is 66.4 Å². The molecule has 2 N–H and O–H groups in total. The maximum Gasteiger partial charge on any atom is 0.220 e. The summed E-state index contributed by atoms with van der Waals surface area (Å²) in [6.45, 7) is 0.191. The van der Waals surface area contributed by atoms with Gasteiger partial charge in [-0.2, -0.15) is 0 Å². The van der Waals surface area contributed by atoms with E-state index in [0.717, 1.165) is 24.0 Å². The monoisotopic (exact) mass is 343 g/mol. The Kier molecular flexibility index (Phi) is 5.11. The Bertz CT molecular complexity index is 726. The first-order chi connectivity index (χ1) is 11.6. The zero-order valence-electron chi connectivity index (χ0n) is 13.5. The van der Waals surface area contributed by atoms with Crippen molar-refractivity contribution in [3.63, 3.8) is 0 Å². The van der Waals surface area contributed by atoms with Crippen LogP contribution < -0.4 is 5.32 Å². The first kappa shape index (κ1) is 16.9. The molecule has 1 amide bonds. The largest absolute Gasteiger partial charge is 0.383 e. The minimum Gasteiger partial charge on any atom is -0.383 e. The number of carbonyl (C=O) groups excluding carboxylic acids is 2. The fraction of sp³-hybridized carbons (Fsp3) is 0.368. The Morgan fingerprint density at radius 3 is 2.79 bits per heavy atom. The standard InChI is InChI=1S/C19H21NO3S/c21-16(17-8-4-12-24-17)9-10-18(22)20-13-19(23)11-3-6-14-5-1-2-7-15(14)19/h1-2,4-5,7-8,12,23H,3,6,9-11,13H2,(H,20,22)/t19-/m0/s1. The van der Waals surface area contributed by atoms with Gasteiger partial charge in [0, 0.05) is 12.8 Å². The van der Waals surface area contributed by atoms with Gasteiger partial charge in [0.15, 0.2) is 5.78 Å². The number of hydrogen-bond acceptors (Lipinski definition) is 4. The third-order valence-corrected chi connectivity index (χ3v) is 5.42. The molecular weight excluding hydrogens is 322 g/mol. The van der Waals surface area contributed by atoms with Crippen LogP contribution in [-0.4, -0.2) is 23.3 Å². The number of ketones is 1. The van der Waals surface area contributed by atoms with E-state index in [1.165, 1.54) is 11.3 Å². The lowest BCUT2D eigenvalue weighted by Gasteiger charge is -2.34. The van der Waals surface area contributed by atoms with Crippen molar-refractivity contribution in [1.29, 1.82) is 0 Å². The van der Waals surface area contributed by atoms with Crippen molar-refractivity contribution in [2.75, 3.05) is 6.54 Å². The molecule has 1 aromatic heterocycles. The van der Waals surface area contributed by atoms with E-state index >= 15 is 0 Å². The third kappa shape index (κ3) is 3.74. The molecule has 0 fully saturated rings. The minimum absolute atomic E-state index is 0.0122. The van der Waals surface area contributed by atoms with E-state index in [2.05, 4.69) is 5.32 Å². The molecule has 0 saturated heterocycles. The van der Waals surface area contributed by atoms with Crippen molar-refractivity contribution >= 4 is 23.0 Å². The predicted octanol–water partition coefficient (Wildman–Crippen LogP) is 3.05. The molecule has 24 heavy (non-hydrogen) atoms. The van der Waals surface area contributed by atoms with Gasteiger partial charge < -0.3 is 10.4 Å². The van der Waals surface area contributed by atoms with Gasteiger partial charge in [-0.3, -0.25) is 9.59 Å².